The summed E-state index contributed by atoms with van der Waals surface area (Å²) in [6, 6.07) is 0. The molecule has 0 spiro atoms. The van der Waals surface area contributed by atoms with Gasteiger partial charge in [-0.15, -0.1) is 0 Å². The van der Waals surface area contributed by atoms with Gasteiger partial charge >= 0.3 is 0 Å². The van der Waals surface area contributed by atoms with Gasteiger partial charge in [-0.05, 0) is 12.5 Å². The van der Waals surface area contributed by atoms with Gasteiger partial charge in [0.25, 0.3) is 0 Å². The molecule has 4 nitrogen and oxygen atoms in total. The summed E-state index contributed by atoms with van der Waals surface area (Å²) in [4.78, 5) is 20.1. The zero-order valence-electron chi connectivity index (χ0n) is 5.59. The Balaban J connectivity index is 3.64. The highest BCUT2D eigenvalue weighted by molar-refractivity contribution is 5.97. The second kappa shape index (κ2) is 4.55. The lowest BCUT2D eigenvalue weighted by Crippen LogP contribution is -2.39. The highest BCUT2D eigenvalue weighted by atomic mass is 16.4. The monoisotopic (exact) mass is 142 g/mol. The number of carbonyl (C=O) groups excluding carboxylic acids is 2. The Morgan fingerprint density at radius 2 is 2.20 bits per heavy atom. The van der Waals surface area contributed by atoms with Crippen LogP contribution < -0.4 is 10.4 Å². The molecule has 1 N–H and O–H groups in total. The van der Waals surface area contributed by atoms with Crippen LogP contribution in [0, 0.1) is 0 Å². The molecule has 0 fully saturated rings. The van der Waals surface area contributed by atoms with Gasteiger partial charge in [0.2, 0.25) is 5.91 Å². The molecule has 0 aromatic heterocycles. The Hall–Kier alpha value is -1.32. The lowest BCUT2D eigenvalue weighted by atomic mass is 10.4. The van der Waals surface area contributed by atoms with E-state index in [2.05, 4.69) is 0 Å². The lowest BCUT2D eigenvalue weighted by molar-refractivity contribution is -0.249. The van der Waals surface area contributed by atoms with Crippen LogP contribution in [0.4, 0.5) is 4.79 Å². The van der Waals surface area contributed by atoms with Crippen molar-refractivity contribution in [1.29, 1.82) is 0 Å². The first-order valence-corrected chi connectivity index (χ1v) is 2.85. The van der Waals surface area contributed by atoms with Gasteiger partial charge in [-0.3, -0.25) is 4.79 Å². The molecule has 0 saturated heterocycles. The molecule has 0 radical (unpaired) electrons. The molecule has 0 saturated carbocycles. The average molecular weight is 142 g/mol. The molecule has 0 aliphatic rings. The second-order valence-electron chi connectivity index (χ2n) is 1.59. The van der Waals surface area contributed by atoms with Crippen LogP contribution in [-0.4, -0.2) is 12.0 Å². The highest BCUT2D eigenvalue weighted by Gasteiger charge is 1.90. The normalized spacial score (nSPS) is 9.70. The zero-order valence-corrected chi connectivity index (χ0v) is 5.59. The van der Waals surface area contributed by atoms with Crippen LogP contribution in [0.3, 0.4) is 0 Å². The summed E-state index contributed by atoms with van der Waals surface area (Å²) in [7, 11) is 0. The number of rotatable bonds is 2. The largest absolute Gasteiger partial charge is 0.530 e. The molecule has 0 atom stereocenters. The summed E-state index contributed by atoms with van der Waals surface area (Å²) in [6.07, 6.45) is 1.82. The maximum absolute atomic E-state index is 10.4. The van der Waals surface area contributed by atoms with E-state index in [1.165, 1.54) is 0 Å². The van der Waals surface area contributed by atoms with Gasteiger partial charge in [-0.1, -0.05) is 13.0 Å². The van der Waals surface area contributed by atoms with Gasteiger partial charge in [0, 0.05) is 0 Å². The number of carboxylic acid groups (broad SMARTS) is 1. The van der Waals surface area contributed by atoms with Gasteiger partial charge in [0.15, 0.2) is 0 Å². The number of hydrogen-bond donors (Lipinski definition) is 1. The van der Waals surface area contributed by atoms with Crippen molar-refractivity contribution < 1.29 is 14.7 Å². The molecule has 56 valence electrons. The molecule has 4 heteroatoms. The average Bonchev–Trinajstić information content (AvgIpc) is 1.82. The molecule has 0 aromatic rings. The SMILES string of the molecule is CC/C=C/C(=O)NC(=O)[O-]. The van der Waals surface area contributed by atoms with E-state index in [1.54, 1.807) is 11.4 Å². The fraction of sp³-hybridized carbons (Fsp3) is 0.333. The molecule has 10 heavy (non-hydrogen) atoms. The minimum atomic E-state index is -1.58. The van der Waals surface area contributed by atoms with Crippen LogP contribution in [-0.2, 0) is 4.79 Å². The van der Waals surface area contributed by atoms with Crippen LogP contribution in [0.25, 0.3) is 0 Å². The van der Waals surface area contributed by atoms with E-state index in [-0.39, 0.29) is 0 Å². The van der Waals surface area contributed by atoms with Crippen LogP contribution in [0.15, 0.2) is 12.2 Å². The van der Waals surface area contributed by atoms with E-state index in [0.717, 1.165) is 6.08 Å². The number of amides is 2. The second-order valence-corrected chi connectivity index (χ2v) is 1.59. The van der Waals surface area contributed by atoms with Crippen molar-refractivity contribution in [2.75, 3.05) is 0 Å². The van der Waals surface area contributed by atoms with E-state index >= 15 is 0 Å². The minimum absolute atomic E-state index is 0.665. The maximum Gasteiger partial charge on any atom is 0.248 e. The molecule has 0 aromatic carbocycles. The first-order chi connectivity index (χ1) is 4.66. The number of allylic oxidation sites excluding steroid dienone is 1. The smallest absolute Gasteiger partial charge is 0.248 e. The van der Waals surface area contributed by atoms with E-state index in [4.69, 9.17) is 0 Å². The van der Waals surface area contributed by atoms with Crippen molar-refractivity contribution in [1.82, 2.24) is 5.32 Å². The number of imide groups is 1. The van der Waals surface area contributed by atoms with E-state index < -0.39 is 12.0 Å². The third-order valence-electron chi connectivity index (χ3n) is 0.730. The molecule has 2 amide bonds. The molecule has 0 aliphatic carbocycles. The number of nitrogens with one attached hydrogen (secondary N) is 1. The van der Waals surface area contributed by atoms with Crippen molar-refractivity contribution in [3.05, 3.63) is 12.2 Å². The molecular weight excluding hydrogens is 134 g/mol. The van der Waals surface area contributed by atoms with Gasteiger partial charge in [0.05, 0.1) is 0 Å². The Bertz CT molecular complexity index is 162. The van der Waals surface area contributed by atoms with Crippen LogP contribution in [0.1, 0.15) is 13.3 Å². The predicted octanol–water partition coefficient (Wildman–Crippen LogP) is -0.588. The van der Waals surface area contributed by atoms with Gasteiger partial charge < -0.3 is 15.2 Å². The van der Waals surface area contributed by atoms with Crippen molar-refractivity contribution >= 4 is 12.0 Å². The van der Waals surface area contributed by atoms with Gasteiger partial charge in [-0.2, -0.15) is 0 Å². The van der Waals surface area contributed by atoms with Gasteiger partial charge in [0.1, 0.15) is 6.09 Å². The molecule has 0 aliphatic heterocycles. The number of carbonyl (C=O) groups is 2. The number of hydrogen-bond acceptors (Lipinski definition) is 3. The maximum atomic E-state index is 10.4. The third kappa shape index (κ3) is 4.83. The van der Waals surface area contributed by atoms with E-state index in [1.807, 2.05) is 6.92 Å². The third-order valence-corrected chi connectivity index (χ3v) is 0.730. The quantitative estimate of drug-likeness (QED) is 0.524. The summed E-state index contributed by atoms with van der Waals surface area (Å²) in [5.74, 6) is -0.665. The molecule has 0 unspecified atom stereocenters. The van der Waals surface area contributed by atoms with Gasteiger partial charge in [-0.25, -0.2) is 0 Å². The van der Waals surface area contributed by atoms with E-state index in [0.29, 0.717) is 6.42 Å². The topological polar surface area (TPSA) is 69.2 Å². The molecule has 0 heterocycles. The van der Waals surface area contributed by atoms with Crippen molar-refractivity contribution in [3.8, 4) is 0 Å². The highest BCUT2D eigenvalue weighted by Crippen LogP contribution is 1.78. The Morgan fingerprint density at radius 1 is 1.60 bits per heavy atom. The summed E-state index contributed by atoms with van der Waals surface area (Å²) >= 11 is 0. The summed E-state index contributed by atoms with van der Waals surface area (Å²) < 4.78 is 0. The Morgan fingerprint density at radius 3 is 2.60 bits per heavy atom. The van der Waals surface area contributed by atoms with E-state index in [9.17, 15) is 14.7 Å². The lowest BCUT2D eigenvalue weighted by Gasteiger charge is -1.98. The predicted molar refractivity (Wildman–Crippen MR) is 33.0 cm³/mol. The van der Waals surface area contributed by atoms with Crippen molar-refractivity contribution in [2.45, 2.75) is 13.3 Å². The van der Waals surface area contributed by atoms with Crippen molar-refractivity contribution in [2.24, 2.45) is 0 Å². The minimum Gasteiger partial charge on any atom is -0.530 e. The summed E-state index contributed by atoms with van der Waals surface area (Å²) in [5.41, 5.74) is 0. The fourth-order valence-electron chi connectivity index (χ4n) is 0.367. The zero-order chi connectivity index (χ0) is 7.98. The summed E-state index contributed by atoms with van der Waals surface area (Å²) in [6.45, 7) is 1.84. The first kappa shape index (κ1) is 8.68. The van der Waals surface area contributed by atoms with Crippen molar-refractivity contribution in [3.63, 3.8) is 0 Å². The molecule has 0 rings (SSSR count). The standard InChI is InChI=1S/C6H9NO3/c1-2-3-4-5(8)7-6(9)10/h3-4H,2H2,1H3,(H,7,8)(H,9,10)/p-1/b4-3+. The first-order valence-electron chi connectivity index (χ1n) is 2.85. The molecule has 0 bridgehead atoms. The Labute approximate surface area is 58.5 Å². The summed E-state index contributed by atoms with van der Waals surface area (Å²) in [5, 5.41) is 11.3. The van der Waals surface area contributed by atoms with Crippen LogP contribution in [0.2, 0.25) is 0 Å². The molecular formula is C6H8NO3-. The Kier molecular flexibility index (Phi) is 3.95. The van der Waals surface area contributed by atoms with Crippen LogP contribution >= 0.6 is 0 Å². The van der Waals surface area contributed by atoms with Crippen LogP contribution in [0.5, 0.6) is 0 Å². The fourth-order valence-corrected chi connectivity index (χ4v) is 0.367.